The van der Waals surface area contributed by atoms with Gasteiger partial charge in [0.1, 0.15) is 0 Å². The Balaban J connectivity index is 1.19. The van der Waals surface area contributed by atoms with Gasteiger partial charge in [-0.1, -0.05) is 30.3 Å². The highest BCUT2D eigenvalue weighted by Crippen LogP contribution is 2.23. The maximum atomic E-state index is 13.7. The first-order chi connectivity index (χ1) is 15.7. The van der Waals surface area contributed by atoms with E-state index in [9.17, 15) is 9.18 Å². The average molecular weight is 440 g/mol. The highest BCUT2D eigenvalue weighted by molar-refractivity contribution is 5.92. The molecule has 0 atom stereocenters. The van der Waals surface area contributed by atoms with E-state index in [2.05, 4.69) is 4.90 Å². The van der Waals surface area contributed by atoms with Crippen molar-refractivity contribution in [3.05, 3.63) is 60.4 Å². The predicted molar refractivity (Wildman–Crippen MR) is 126 cm³/mol. The van der Waals surface area contributed by atoms with E-state index in [1.165, 1.54) is 6.07 Å². The number of para-hydroxylation sites is 2. The first-order valence-corrected chi connectivity index (χ1v) is 11.9. The molecule has 32 heavy (non-hydrogen) atoms. The zero-order chi connectivity index (χ0) is 22.2. The second kappa shape index (κ2) is 11.3. The molecule has 0 unspecified atom stereocenters. The van der Waals surface area contributed by atoms with Crippen LogP contribution in [-0.4, -0.2) is 61.7 Å². The van der Waals surface area contributed by atoms with E-state index < -0.39 is 0 Å². The third-order valence-corrected chi connectivity index (χ3v) is 6.64. The molecule has 0 bridgehead atoms. The number of carbonyl (C=O) groups is 1. The molecule has 2 saturated heterocycles. The van der Waals surface area contributed by atoms with Gasteiger partial charge >= 0.3 is 6.03 Å². The van der Waals surface area contributed by atoms with E-state index >= 15 is 0 Å². The van der Waals surface area contributed by atoms with Crippen molar-refractivity contribution in [3.8, 4) is 5.75 Å². The zero-order valence-corrected chi connectivity index (χ0v) is 18.8. The van der Waals surface area contributed by atoms with Gasteiger partial charge in [-0.05, 0) is 75.4 Å². The summed E-state index contributed by atoms with van der Waals surface area (Å²) in [6, 6.07) is 16.7. The van der Waals surface area contributed by atoms with Gasteiger partial charge in [0.15, 0.2) is 11.6 Å². The van der Waals surface area contributed by atoms with E-state index in [0.29, 0.717) is 18.3 Å². The van der Waals surface area contributed by atoms with Crippen LogP contribution in [0.3, 0.4) is 0 Å². The number of hydrogen-bond acceptors (Lipinski definition) is 3. The molecule has 0 aliphatic carbocycles. The summed E-state index contributed by atoms with van der Waals surface area (Å²) in [4.78, 5) is 19.5. The van der Waals surface area contributed by atoms with Crippen LogP contribution in [0.5, 0.6) is 5.75 Å². The Kier molecular flexibility index (Phi) is 7.99. The first-order valence-electron chi connectivity index (χ1n) is 11.9. The number of amides is 2. The van der Waals surface area contributed by atoms with Crippen LogP contribution in [0, 0.1) is 11.7 Å². The average Bonchev–Trinajstić information content (AvgIpc) is 3.01. The highest BCUT2D eigenvalue weighted by atomic mass is 19.1. The summed E-state index contributed by atoms with van der Waals surface area (Å²) >= 11 is 0. The van der Waals surface area contributed by atoms with Crippen molar-refractivity contribution in [1.82, 2.24) is 9.80 Å². The lowest BCUT2D eigenvalue weighted by Crippen LogP contribution is -2.46. The van der Waals surface area contributed by atoms with Crippen molar-refractivity contribution in [2.75, 3.05) is 50.8 Å². The lowest BCUT2D eigenvalue weighted by atomic mass is 9.94. The summed E-state index contributed by atoms with van der Waals surface area (Å²) in [5.74, 6) is 0.666. The Hall–Kier alpha value is -2.60. The molecule has 172 valence electrons. The molecule has 0 aromatic heterocycles. The van der Waals surface area contributed by atoms with Crippen LogP contribution >= 0.6 is 0 Å². The first kappa shape index (κ1) is 22.6. The van der Waals surface area contributed by atoms with Crippen LogP contribution in [0.4, 0.5) is 14.9 Å². The van der Waals surface area contributed by atoms with Gasteiger partial charge in [0, 0.05) is 31.9 Å². The maximum Gasteiger partial charge on any atom is 0.324 e. The van der Waals surface area contributed by atoms with Crippen molar-refractivity contribution in [3.63, 3.8) is 0 Å². The van der Waals surface area contributed by atoms with Gasteiger partial charge < -0.3 is 14.5 Å². The van der Waals surface area contributed by atoms with Gasteiger partial charge in [-0.25, -0.2) is 9.18 Å². The maximum absolute atomic E-state index is 13.7. The molecule has 0 spiro atoms. The second-order valence-electron chi connectivity index (χ2n) is 8.82. The molecule has 0 radical (unpaired) electrons. The van der Waals surface area contributed by atoms with E-state index in [1.54, 1.807) is 18.2 Å². The largest absolute Gasteiger partial charge is 0.491 e. The fourth-order valence-corrected chi connectivity index (χ4v) is 4.65. The summed E-state index contributed by atoms with van der Waals surface area (Å²) in [7, 11) is 0. The van der Waals surface area contributed by atoms with E-state index in [1.807, 2.05) is 40.1 Å². The number of carbonyl (C=O) groups excluding carboxylic acids is 1. The minimum absolute atomic E-state index is 0.133. The summed E-state index contributed by atoms with van der Waals surface area (Å²) in [6.07, 6.45) is 5.31. The number of halogens is 1. The Morgan fingerprint density at radius 2 is 1.59 bits per heavy atom. The van der Waals surface area contributed by atoms with Crippen LogP contribution in [-0.2, 0) is 0 Å². The van der Waals surface area contributed by atoms with Crippen LogP contribution in [0.15, 0.2) is 54.6 Å². The SMILES string of the molecule is O=C1N(CCN2CCC(CCOc3ccccc3F)CC2)CCCCN1c1ccccc1. The smallest absolute Gasteiger partial charge is 0.324 e. The minimum atomic E-state index is -0.295. The molecule has 6 heteroatoms. The second-order valence-corrected chi connectivity index (χ2v) is 8.82. The molecule has 2 heterocycles. The molecule has 4 rings (SSSR count). The van der Waals surface area contributed by atoms with Crippen molar-refractivity contribution in [1.29, 1.82) is 0 Å². The lowest BCUT2D eigenvalue weighted by molar-refractivity contribution is 0.146. The van der Waals surface area contributed by atoms with Crippen LogP contribution in [0.1, 0.15) is 32.1 Å². The number of rotatable bonds is 8. The molecule has 0 saturated carbocycles. The summed E-state index contributed by atoms with van der Waals surface area (Å²) in [5, 5.41) is 0. The summed E-state index contributed by atoms with van der Waals surface area (Å²) in [6.45, 7) is 5.99. The molecule has 2 fully saturated rings. The monoisotopic (exact) mass is 439 g/mol. The molecule has 2 aliphatic heterocycles. The Bertz CT molecular complexity index is 855. The molecule has 0 N–H and O–H groups in total. The van der Waals surface area contributed by atoms with Gasteiger partial charge in [-0.3, -0.25) is 4.90 Å². The Morgan fingerprint density at radius 3 is 2.38 bits per heavy atom. The van der Waals surface area contributed by atoms with E-state index in [0.717, 1.165) is 77.1 Å². The highest BCUT2D eigenvalue weighted by Gasteiger charge is 2.26. The third-order valence-electron chi connectivity index (χ3n) is 6.64. The van der Waals surface area contributed by atoms with Crippen molar-refractivity contribution in [2.24, 2.45) is 5.92 Å². The standard InChI is InChI=1S/C26H34FN3O2/c27-24-10-4-5-11-25(24)32-21-14-22-12-17-28(18-13-22)19-20-29-15-6-7-16-30(26(29)31)23-8-2-1-3-9-23/h1-5,8-11,22H,6-7,12-21H2. The fraction of sp³-hybridized carbons (Fsp3) is 0.500. The number of anilines is 1. The number of ether oxygens (including phenoxy) is 1. The minimum Gasteiger partial charge on any atom is -0.491 e. The molecular formula is C26H34FN3O2. The van der Waals surface area contributed by atoms with Gasteiger partial charge in [0.05, 0.1) is 6.61 Å². The summed E-state index contributed by atoms with van der Waals surface area (Å²) in [5.41, 5.74) is 0.989. The molecular weight excluding hydrogens is 405 g/mol. The normalized spacial score (nSPS) is 18.6. The topological polar surface area (TPSA) is 36.0 Å². The van der Waals surface area contributed by atoms with Gasteiger partial charge in [-0.15, -0.1) is 0 Å². The predicted octanol–water partition coefficient (Wildman–Crippen LogP) is 5.03. The Labute approximate surface area is 190 Å². The molecule has 2 aromatic carbocycles. The molecule has 5 nitrogen and oxygen atoms in total. The van der Waals surface area contributed by atoms with Crippen LogP contribution in [0.2, 0.25) is 0 Å². The number of nitrogens with zero attached hydrogens (tertiary/aromatic N) is 3. The van der Waals surface area contributed by atoms with Gasteiger partial charge in [0.25, 0.3) is 0 Å². The number of urea groups is 1. The van der Waals surface area contributed by atoms with E-state index in [4.69, 9.17) is 4.74 Å². The van der Waals surface area contributed by atoms with Crippen molar-refractivity contribution >= 4 is 11.7 Å². The van der Waals surface area contributed by atoms with E-state index in [-0.39, 0.29) is 11.8 Å². The van der Waals surface area contributed by atoms with Crippen LogP contribution < -0.4 is 9.64 Å². The van der Waals surface area contributed by atoms with Gasteiger partial charge in [-0.2, -0.15) is 0 Å². The van der Waals surface area contributed by atoms with Crippen molar-refractivity contribution in [2.45, 2.75) is 32.1 Å². The molecule has 2 amide bonds. The molecule has 2 aromatic rings. The number of benzene rings is 2. The fourth-order valence-electron chi connectivity index (χ4n) is 4.65. The number of hydrogen-bond donors (Lipinski definition) is 0. The quantitative estimate of drug-likeness (QED) is 0.579. The summed E-state index contributed by atoms with van der Waals surface area (Å²) < 4.78 is 19.3. The zero-order valence-electron chi connectivity index (χ0n) is 18.8. The number of piperidine rings is 1. The van der Waals surface area contributed by atoms with Crippen LogP contribution in [0.25, 0.3) is 0 Å². The number of likely N-dealkylation sites (tertiary alicyclic amines) is 1. The third kappa shape index (κ3) is 6.00. The van der Waals surface area contributed by atoms with Gasteiger partial charge in [0.2, 0.25) is 0 Å². The molecule has 2 aliphatic rings. The van der Waals surface area contributed by atoms with Crippen molar-refractivity contribution < 1.29 is 13.9 Å². The lowest BCUT2D eigenvalue weighted by Gasteiger charge is -2.34. The Morgan fingerprint density at radius 1 is 0.875 bits per heavy atom.